The summed E-state index contributed by atoms with van der Waals surface area (Å²) < 4.78 is 0. The van der Waals surface area contributed by atoms with Crippen molar-refractivity contribution in [2.75, 3.05) is 4.90 Å². The van der Waals surface area contributed by atoms with Gasteiger partial charge in [0.25, 0.3) is 0 Å². The van der Waals surface area contributed by atoms with Crippen LogP contribution in [0.15, 0.2) is 109 Å². The van der Waals surface area contributed by atoms with E-state index in [1.165, 1.54) is 38.5 Å². The number of benzene rings is 5. The van der Waals surface area contributed by atoms with Crippen LogP contribution >= 0.6 is 0 Å². The molecule has 0 aromatic heterocycles. The van der Waals surface area contributed by atoms with E-state index in [-0.39, 0.29) is 0 Å². The van der Waals surface area contributed by atoms with Gasteiger partial charge in [0.05, 0.1) is 0 Å². The predicted octanol–water partition coefficient (Wildman–Crippen LogP) is 7.77. The predicted molar refractivity (Wildman–Crippen MR) is 121 cm³/mol. The minimum Gasteiger partial charge on any atom is -0.310 e. The molecule has 0 fully saturated rings. The third kappa shape index (κ3) is 2.91. The Hall–Kier alpha value is -3.58. The minimum absolute atomic E-state index is 1.16. The first-order chi connectivity index (χ1) is 13.8. The fourth-order valence-corrected chi connectivity index (χ4v) is 3.93. The molecule has 1 heteroatoms. The zero-order chi connectivity index (χ0) is 18.9. The van der Waals surface area contributed by atoms with Crippen LogP contribution in [-0.2, 0) is 0 Å². The van der Waals surface area contributed by atoms with Crippen molar-refractivity contribution >= 4 is 38.6 Å². The Morgan fingerprint density at radius 1 is 0.464 bits per heavy atom. The lowest BCUT2D eigenvalue weighted by Gasteiger charge is -2.26. The van der Waals surface area contributed by atoms with Gasteiger partial charge >= 0.3 is 0 Å². The molecule has 5 aromatic carbocycles. The van der Waals surface area contributed by atoms with Crippen molar-refractivity contribution in [1.82, 2.24) is 0 Å². The van der Waals surface area contributed by atoms with E-state index in [0.29, 0.717) is 0 Å². The lowest BCUT2D eigenvalue weighted by Crippen LogP contribution is -2.09. The molecular weight excluding hydrogens is 338 g/mol. The summed E-state index contributed by atoms with van der Waals surface area (Å²) in [4.78, 5) is 2.32. The van der Waals surface area contributed by atoms with Crippen LogP contribution < -0.4 is 4.90 Å². The number of nitrogens with zero attached hydrogens (tertiary/aromatic N) is 1. The number of aryl methyl sites for hydroxylation is 1. The Kier molecular flexibility index (Phi) is 4.06. The Balaban J connectivity index is 1.72. The quantitative estimate of drug-likeness (QED) is 0.297. The first-order valence-electron chi connectivity index (χ1n) is 9.63. The van der Waals surface area contributed by atoms with E-state index in [4.69, 9.17) is 0 Å². The van der Waals surface area contributed by atoms with Crippen LogP contribution in [0.25, 0.3) is 21.5 Å². The van der Waals surface area contributed by atoms with Gasteiger partial charge in [-0.1, -0.05) is 72.8 Å². The van der Waals surface area contributed by atoms with Gasteiger partial charge in [-0.25, -0.2) is 0 Å². The smallest absolute Gasteiger partial charge is 0.0468 e. The molecule has 5 aromatic rings. The van der Waals surface area contributed by atoms with Crippen molar-refractivity contribution < 1.29 is 0 Å². The number of fused-ring (bicyclic) bond motifs is 3. The Bertz CT molecular complexity index is 1270. The van der Waals surface area contributed by atoms with E-state index in [0.717, 1.165) is 5.69 Å². The molecule has 0 aliphatic heterocycles. The molecule has 0 amide bonds. The first kappa shape index (κ1) is 16.6. The van der Waals surface area contributed by atoms with Gasteiger partial charge in [0.1, 0.15) is 0 Å². The molecule has 0 saturated carbocycles. The molecular formula is C27H21N. The van der Waals surface area contributed by atoms with Gasteiger partial charge < -0.3 is 4.90 Å². The molecule has 134 valence electrons. The van der Waals surface area contributed by atoms with E-state index >= 15 is 0 Å². The molecule has 5 rings (SSSR count). The molecule has 0 spiro atoms. The maximum Gasteiger partial charge on any atom is 0.0468 e. The lowest BCUT2D eigenvalue weighted by molar-refractivity contribution is 1.28. The van der Waals surface area contributed by atoms with Crippen molar-refractivity contribution in [3.05, 3.63) is 115 Å². The normalized spacial score (nSPS) is 11.0. The van der Waals surface area contributed by atoms with Crippen molar-refractivity contribution in [3.8, 4) is 0 Å². The molecule has 0 N–H and O–H groups in total. The molecule has 28 heavy (non-hydrogen) atoms. The fraction of sp³-hybridized carbons (Fsp3) is 0.0370. The van der Waals surface area contributed by atoms with Gasteiger partial charge in [0.2, 0.25) is 0 Å². The maximum atomic E-state index is 2.32. The molecule has 0 heterocycles. The van der Waals surface area contributed by atoms with Crippen LogP contribution in [0.1, 0.15) is 5.56 Å². The van der Waals surface area contributed by atoms with Crippen molar-refractivity contribution in [3.63, 3.8) is 0 Å². The van der Waals surface area contributed by atoms with Gasteiger partial charge in [-0.3, -0.25) is 0 Å². The number of anilines is 3. The summed E-state index contributed by atoms with van der Waals surface area (Å²) in [7, 11) is 0. The fourth-order valence-electron chi connectivity index (χ4n) is 3.93. The molecule has 0 aliphatic carbocycles. The zero-order valence-electron chi connectivity index (χ0n) is 15.8. The van der Waals surface area contributed by atoms with E-state index in [2.05, 4.69) is 121 Å². The summed E-state index contributed by atoms with van der Waals surface area (Å²) in [5, 5.41) is 5.12. The van der Waals surface area contributed by atoms with Crippen LogP contribution in [0, 0.1) is 6.92 Å². The highest BCUT2D eigenvalue weighted by Gasteiger charge is 2.13. The molecule has 0 aliphatic rings. The van der Waals surface area contributed by atoms with Crippen molar-refractivity contribution in [1.29, 1.82) is 0 Å². The third-order valence-electron chi connectivity index (χ3n) is 5.26. The van der Waals surface area contributed by atoms with Crippen LogP contribution in [-0.4, -0.2) is 0 Å². The number of rotatable bonds is 3. The largest absolute Gasteiger partial charge is 0.310 e. The maximum absolute atomic E-state index is 2.32. The topological polar surface area (TPSA) is 3.24 Å². The molecule has 0 unspecified atom stereocenters. The third-order valence-corrected chi connectivity index (χ3v) is 5.26. The van der Waals surface area contributed by atoms with Crippen LogP contribution in [0.5, 0.6) is 0 Å². The second-order valence-corrected chi connectivity index (χ2v) is 7.20. The summed E-state index contributed by atoms with van der Waals surface area (Å²) >= 11 is 0. The highest BCUT2D eigenvalue weighted by atomic mass is 15.1. The summed E-state index contributed by atoms with van der Waals surface area (Å²) in [5.41, 5.74) is 4.75. The first-order valence-corrected chi connectivity index (χ1v) is 9.63. The molecule has 0 atom stereocenters. The van der Waals surface area contributed by atoms with Crippen molar-refractivity contribution in [2.45, 2.75) is 6.92 Å². The SMILES string of the molecule is Cc1cccc(N(c2ccccc2)c2ccc3c(ccc4ccccc43)c2)c1. The van der Waals surface area contributed by atoms with Gasteiger partial charge in [-0.2, -0.15) is 0 Å². The van der Waals surface area contributed by atoms with Gasteiger partial charge in [-0.15, -0.1) is 0 Å². The van der Waals surface area contributed by atoms with Crippen LogP contribution in [0.3, 0.4) is 0 Å². The molecule has 1 nitrogen and oxygen atoms in total. The number of para-hydroxylation sites is 1. The molecule has 0 saturated heterocycles. The molecule has 0 radical (unpaired) electrons. The second-order valence-electron chi connectivity index (χ2n) is 7.20. The summed E-state index contributed by atoms with van der Waals surface area (Å²) in [6, 6.07) is 39.0. The zero-order valence-corrected chi connectivity index (χ0v) is 15.8. The van der Waals surface area contributed by atoms with E-state index in [9.17, 15) is 0 Å². The van der Waals surface area contributed by atoms with Crippen molar-refractivity contribution in [2.24, 2.45) is 0 Å². The Labute approximate surface area is 165 Å². The van der Waals surface area contributed by atoms with Gasteiger partial charge in [0.15, 0.2) is 0 Å². The van der Waals surface area contributed by atoms with Crippen LogP contribution in [0.4, 0.5) is 17.1 Å². The second kappa shape index (κ2) is 6.86. The van der Waals surface area contributed by atoms with E-state index < -0.39 is 0 Å². The highest BCUT2D eigenvalue weighted by molar-refractivity contribution is 6.08. The summed E-state index contributed by atoms with van der Waals surface area (Å²) in [6.45, 7) is 2.14. The van der Waals surface area contributed by atoms with Gasteiger partial charge in [-0.05, 0) is 70.4 Å². The van der Waals surface area contributed by atoms with E-state index in [1.54, 1.807) is 0 Å². The summed E-state index contributed by atoms with van der Waals surface area (Å²) in [5.74, 6) is 0. The van der Waals surface area contributed by atoms with Crippen LogP contribution in [0.2, 0.25) is 0 Å². The highest BCUT2D eigenvalue weighted by Crippen LogP contribution is 2.37. The lowest BCUT2D eigenvalue weighted by atomic mass is 10.0. The Morgan fingerprint density at radius 3 is 2.00 bits per heavy atom. The monoisotopic (exact) mass is 359 g/mol. The molecule has 0 bridgehead atoms. The standard InChI is InChI=1S/C27H21N/c1-20-8-7-12-24(18-20)28(23-10-3-2-4-11-23)25-16-17-27-22(19-25)15-14-21-9-5-6-13-26(21)27/h2-19H,1H3. The summed E-state index contributed by atoms with van der Waals surface area (Å²) in [6.07, 6.45) is 0. The van der Waals surface area contributed by atoms with Gasteiger partial charge in [0, 0.05) is 17.1 Å². The minimum atomic E-state index is 1.16. The average Bonchev–Trinajstić information content (AvgIpc) is 2.74. The van der Waals surface area contributed by atoms with E-state index in [1.807, 2.05) is 0 Å². The number of hydrogen-bond acceptors (Lipinski definition) is 1. The average molecular weight is 359 g/mol. The Morgan fingerprint density at radius 2 is 1.14 bits per heavy atom. The number of hydrogen-bond donors (Lipinski definition) is 0.